The predicted molar refractivity (Wildman–Crippen MR) is 139 cm³/mol. The molecule has 0 unspecified atom stereocenters. The Morgan fingerprint density at radius 1 is 0.525 bits per heavy atom. The molecule has 15 nitrogen and oxygen atoms in total. The van der Waals surface area contributed by atoms with Crippen LogP contribution in [0, 0.1) is 0 Å². The fourth-order valence-electron chi connectivity index (χ4n) is 2.57. The first kappa shape index (κ1) is 38.0. The molecule has 0 aliphatic carbocycles. The van der Waals surface area contributed by atoms with Gasteiger partial charge in [0.05, 0.1) is 119 Å². The lowest BCUT2D eigenvalue weighted by Gasteiger charge is -2.09. The molecule has 0 heterocycles. The quantitative estimate of drug-likeness (QED) is 0.0748. The lowest BCUT2D eigenvalue weighted by molar-refractivity contribution is -0.145. The van der Waals surface area contributed by atoms with E-state index in [1.165, 1.54) is 0 Å². The van der Waals surface area contributed by atoms with Crippen LogP contribution in [0.1, 0.15) is 13.3 Å². The summed E-state index contributed by atoms with van der Waals surface area (Å²) in [6.45, 7) is 8.47. The molecular formula is C25H47NO14. The van der Waals surface area contributed by atoms with Gasteiger partial charge in [0.15, 0.2) is 0 Å². The van der Waals surface area contributed by atoms with Crippen molar-refractivity contribution in [3.63, 3.8) is 0 Å². The minimum Gasteiger partial charge on any atom is -0.480 e. The van der Waals surface area contributed by atoms with Gasteiger partial charge in [0.2, 0.25) is 5.91 Å². The molecule has 0 radical (unpaired) electrons. The Labute approximate surface area is 235 Å². The molecule has 236 valence electrons. The summed E-state index contributed by atoms with van der Waals surface area (Å²) in [5, 5.41) is 10.9. The third kappa shape index (κ3) is 32.3. The lowest BCUT2D eigenvalue weighted by Crippen LogP contribution is -2.31. The number of hydrogen-bond donors (Lipinski definition) is 2. The number of nitrogens with one attached hydrogen (secondary N) is 1. The van der Waals surface area contributed by atoms with Crippen molar-refractivity contribution in [2.75, 3.05) is 132 Å². The molecule has 0 atom stereocenters. The van der Waals surface area contributed by atoms with Crippen LogP contribution in [0.3, 0.4) is 0 Å². The first-order valence-corrected chi connectivity index (χ1v) is 13.4. The minimum atomic E-state index is -1.13. The van der Waals surface area contributed by atoms with E-state index in [1.54, 1.807) is 6.92 Å². The molecular weight excluding hydrogens is 538 g/mol. The number of amides is 1. The van der Waals surface area contributed by atoms with Gasteiger partial charge in [-0.1, -0.05) is 0 Å². The summed E-state index contributed by atoms with van der Waals surface area (Å²) in [7, 11) is 0. The smallest absolute Gasteiger partial charge is 0.329 e. The highest BCUT2D eigenvalue weighted by molar-refractivity contribution is 5.77. The second-order valence-electron chi connectivity index (χ2n) is 7.69. The van der Waals surface area contributed by atoms with Crippen molar-refractivity contribution < 1.29 is 66.9 Å². The first-order valence-electron chi connectivity index (χ1n) is 13.4. The van der Waals surface area contributed by atoms with Crippen molar-refractivity contribution >= 4 is 17.8 Å². The number of carboxylic acid groups (broad SMARTS) is 1. The molecule has 1 amide bonds. The Morgan fingerprint density at radius 3 is 1.27 bits per heavy atom. The van der Waals surface area contributed by atoms with E-state index in [4.69, 9.17) is 47.7 Å². The molecule has 0 fully saturated rings. The van der Waals surface area contributed by atoms with E-state index >= 15 is 0 Å². The Balaban J connectivity index is 3.11. The summed E-state index contributed by atoms with van der Waals surface area (Å²) in [6, 6.07) is 0. The van der Waals surface area contributed by atoms with Gasteiger partial charge in [0, 0.05) is 6.54 Å². The Morgan fingerprint density at radius 2 is 0.900 bits per heavy atom. The van der Waals surface area contributed by atoms with Crippen molar-refractivity contribution in [1.29, 1.82) is 0 Å². The van der Waals surface area contributed by atoms with E-state index < -0.39 is 18.5 Å². The summed E-state index contributed by atoms with van der Waals surface area (Å²) >= 11 is 0. The summed E-state index contributed by atoms with van der Waals surface area (Å²) < 4.78 is 52.4. The van der Waals surface area contributed by atoms with Gasteiger partial charge in [0.25, 0.3) is 0 Å². The highest BCUT2D eigenvalue weighted by Crippen LogP contribution is 1.89. The van der Waals surface area contributed by atoms with Crippen molar-refractivity contribution in [3.05, 3.63) is 0 Å². The predicted octanol–water partition coefficient (Wildman–Crippen LogP) is -0.710. The molecule has 0 spiro atoms. The van der Waals surface area contributed by atoms with Gasteiger partial charge in [-0.3, -0.25) is 9.59 Å². The molecule has 15 heteroatoms. The molecule has 0 aliphatic rings. The van der Waals surface area contributed by atoms with Gasteiger partial charge in [0.1, 0.15) is 13.2 Å². The zero-order valence-electron chi connectivity index (χ0n) is 23.6. The van der Waals surface area contributed by atoms with Crippen LogP contribution in [0.2, 0.25) is 0 Å². The molecule has 0 aromatic heterocycles. The van der Waals surface area contributed by atoms with E-state index in [0.717, 1.165) is 0 Å². The van der Waals surface area contributed by atoms with Crippen molar-refractivity contribution in [2.24, 2.45) is 0 Å². The van der Waals surface area contributed by atoms with Crippen LogP contribution in [0.15, 0.2) is 0 Å². The Kier molecular flexibility index (Phi) is 30.0. The average Bonchev–Trinajstić information content (AvgIpc) is 2.92. The largest absolute Gasteiger partial charge is 0.480 e. The van der Waals surface area contributed by atoms with Crippen LogP contribution in [0.5, 0.6) is 0 Å². The number of rotatable bonds is 32. The molecule has 0 saturated carbocycles. The standard InChI is InChI=1S/C25H47NO14/c1-2-40-25(30)3-5-31-7-9-33-11-13-35-15-17-37-19-20-38-18-16-36-14-12-34-10-8-32-6-4-26-23(27)21-39-22-24(28)29/h2-22H2,1H3,(H,26,27)(H,28,29). The average molecular weight is 586 g/mol. The van der Waals surface area contributed by atoms with Crippen LogP contribution < -0.4 is 5.32 Å². The molecule has 2 N–H and O–H groups in total. The van der Waals surface area contributed by atoms with Gasteiger partial charge in [-0.15, -0.1) is 0 Å². The van der Waals surface area contributed by atoms with Crippen molar-refractivity contribution in [2.45, 2.75) is 13.3 Å². The fourth-order valence-corrected chi connectivity index (χ4v) is 2.57. The number of carbonyl (C=O) groups is 3. The Bertz CT molecular complexity index is 596. The van der Waals surface area contributed by atoms with E-state index in [2.05, 4.69) is 10.1 Å². The number of hydrogen-bond acceptors (Lipinski definition) is 13. The maximum absolute atomic E-state index is 11.3. The monoisotopic (exact) mass is 585 g/mol. The summed E-state index contributed by atoms with van der Waals surface area (Å²) in [5.74, 6) is -1.79. The third-order valence-electron chi connectivity index (χ3n) is 4.39. The van der Waals surface area contributed by atoms with E-state index in [0.29, 0.717) is 119 Å². The second-order valence-corrected chi connectivity index (χ2v) is 7.69. The summed E-state index contributed by atoms with van der Waals surface area (Å²) in [6.07, 6.45) is 0.246. The molecule has 0 saturated heterocycles. The minimum absolute atomic E-state index is 0.246. The van der Waals surface area contributed by atoms with Crippen LogP contribution in [0.25, 0.3) is 0 Å². The lowest BCUT2D eigenvalue weighted by atomic mass is 10.5. The number of esters is 1. The molecule has 0 aliphatic heterocycles. The van der Waals surface area contributed by atoms with Crippen molar-refractivity contribution in [3.8, 4) is 0 Å². The van der Waals surface area contributed by atoms with Crippen LogP contribution >= 0.6 is 0 Å². The molecule has 0 aromatic carbocycles. The molecule has 0 bridgehead atoms. The molecule has 40 heavy (non-hydrogen) atoms. The zero-order valence-corrected chi connectivity index (χ0v) is 23.6. The topological polar surface area (TPSA) is 176 Å². The highest BCUT2D eigenvalue weighted by Gasteiger charge is 2.03. The van der Waals surface area contributed by atoms with E-state index in [9.17, 15) is 14.4 Å². The summed E-state index contributed by atoms with van der Waals surface area (Å²) in [5.41, 5.74) is 0. The maximum atomic E-state index is 11.3. The number of aliphatic carboxylic acids is 1. The zero-order chi connectivity index (χ0) is 29.4. The SMILES string of the molecule is CCOC(=O)CCOCCOCCOCCOCCOCCOCCOCCOCCNC(=O)COCC(=O)O. The number of ether oxygens (including phenoxy) is 10. The summed E-state index contributed by atoms with van der Waals surface area (Å²) in [4.78, 5) is 32.7. The molecule has 0 aromatic rings. The van der Waals surface area contributed by atoms with Crippen LogP contribution in [-0.4, -0.2) is 155 Å². The first-order chi connectivity index (χ1) is 19.6. The highest BCUT2D eigenvalue weighted by atomic mass is 16.6. The maximum Gasteiger partial charge on any atom is 0.329 e. The van der Waals surface area contributed by atoms with E-state index in [1.807, 2.05) is 0 Å². The second kappa shape index (κ2) is 31.6. The normalized spacial score (nSPS) is 11.0. The van der Waals surface area contributed by atoms with Gasteiger partial charge in [-0.25, -0.2) is 4.79 Å². The Hall–Kier alpha value is -1.95. The third-order valence-corrected chi connectivity index (χ3v) is 4.39. The number of carboxylic acids is 1. The van der Waals surface area contributed by atoms with Gasteiger partial charge < -0.3 is 57.8 Å². The van der Waals surface area contributed by atoms with Crippen LogP contribution in [-0.2, 0) is 61.8 Å². The fraction of sp³-hybridized carbons (Fsp3) is 0.880. The van der Waals surface area contributed by atoms with Crippen LogP contribution in [0.4, 0.5) is 0 Å². The van der Waals surface area contributed by atoms with Gasteiger partial charge >= 0.3 is 11.9 Å². The number of carbonyl (C=O) groups excluding carboxylic acids is 2. The van der Waals surface area contributed by atoms with Gasteiger partial charge in [-0.2, -0.15) is 0 Å². The van der Waals surface area contributed by atoms with Gasteiger partial charge in [-0.05, 0) is 6.92 Å². The molecule has 0 rings (SSSR count). The van der Waals surface area contributed by atoms with Crippen molar-refractivity contribution in [1.82, 2.24) is 5.32 Å². The van der Waals surface area contributed by atoms with E-state index in [-0.39, 0.29) is 19.0 Å².